The molecular formula is C14H25N3O. The first-order valence-corrected chi connectivity index (χ1v) is 6.51. The van der Waals surface area contributed by atoms with E-state index in [1.807, 2.05) is 29.8 Å². The molecule has 0 aliphatic heterocycles. The molecule has 1 atom stereocenters. The van der Waals surface area contributed by atoms with Crippen LogP contribution in [0.4, 0.5) is 0 Å². The van der Waals surface area contributed by atoms with E-state index in [0.29, 0.717) is 12.2 Å². The molecule has 0 spiro atoms. The number of nitrogens with two attached hydrogens (primary N) is 1. The Hall–Kier alpha value is -1.29. The van der Waals surface area contributed by atoms with Gasteiger partial charge in [0, 0.05) is 18.8 Å². The minimum Gasteiger partial charge on any atom is -0.344 e. The highest BCUT2D eigenvalue weighted by Crippen LogP contribution is 2.17. The Bertz CT molecular complexity index is 409. The smallest absolute Gasteiger partial charge is 0.268 e. The van der Waals surface area contributed by atoms with E-state index >= 15 is 0 Å². The molecule has 1 aromatic heterocycles. The second-order valence-corrected chi connectivity index (χ2v) is 5.62. The van der Waals surface area contributed by atoms with Gasteiger partial charge in [-0.05, 0) is 38.8 Å². The molecule has 1 heterocycles. The van der Waals surface area contributed by atoms with Gasteiger partial charge in [0.2, 0.25) is 0 Å². The molecule has 0 aromatic carbocycles. The van der Waals surface area contributed by atoms with E-state index in [1.165, 1.54) is 0 Å². The topological polar surface area (TPSA) is 60.0 Å². The number of hydrogen-bond acceptors (Lipinski definition) is 2. The van der Waals surface area contributed by atoms with Gasteiger partial charge in [-0.25, -0.2) is 0 Å². The average molecular weight is 251 g/mol. The Balaban J connectivity index is 2.92. The molecule has 0 saturated heterocycles. The predicted molar refractivity (Wildman–Crippen MR) is 74.6 cm³/mol. The monoisotopic (exact) mass is 251 g/mol. The lowest BCUT2D eigenvalue weighted by atomic mass is 9.88. The molecule has 1 rings (SSSR count). The van der Waals surface area contributed by atoms with Crippen LogP contribution in [0.15, 0.2) is 18.3 Å². The molecule has 0 saturated carbocycles. The number of nitrogens with zero attached hydrogens (tertiary/aromatic N) is 1. The summed E-state index contributed by atoms with van der Waals surface area (Å²) in [6.07, 6.45) is 1.93. The van der Waals surface area contributed by atoms with Crippen LogP contribution in [0, 0.1) is 5.92 Å². The molecule has 0 aliphatic rings. The van der Waals surface area contributed by atoms with Gasteiger partial charge in [-0.1, -0.05) is 13.8 Å². The molecular weight excluding hydrogens is 226 g/mol. The maximum Gasteiger partial charge on any atom is 0.268 e. The summed E-state index contributed by atoms with van der Waals surface area (Å²) in [5.41, 5.74) is 6.10. The molecule has 0 fully saturated rings. The zero-order valence-corrected chi connectivity index (χ0v) is 12.0. The maximum atomic E-state index is 12.3. The fourth-order valence-corrected chi connectivity index (χ4v) is 1.79. The second-order valence-electron chi connectivity index (χ2n) is 5.62. The van der Waals surface area contributed by atoms with Crippen molar-refractivity contribution in [3.8, 4) is 0 Å². The lowest BCUT2D eigenvalue weighted by molar-refractivity contribution is 0.0872. The highest BCUT2D eigenvalue weighted by molar-refractivity contribution is 5.93. The van der Waals surface area contributed by atoms with Gasteiger partial charge in [-0.2, -0.15) is 0 Å². The van der Waals surface area contributed by atoms with Crippen LogP contribution in [0.3, 0.4) is 0 Å². The summed E-state index contributed by atoms with van der Waals surface area (Å²) < 4.78 is 1.96. The molecule has 102 valence electrons. The van der Waals surface area contributed by atoms with Crippen LogP contribution in [0.25, 0.3) is 0 Å². The summed E-state index contributed by atoms with van der Waals surface area (Å²) >= 11 is 0. The molecule has 0 bridgehead atoms. The number of nitrogens with one attached hydrogen (secondary N) is 1. The largest absolute Gasteiger partial charge is 0.344 e. The Morgan fingerprint density at radius 3 is 2.50 bits per heavy atom. The molecule has 1 aromatic rings. The third-order valence-corrected chi connectivity index (χ3v) is 3.67. The molecule has 1 unspecified atom stereocenters. The number of carbonyl (C=O) groups excluding carboxylic acids is 1. The third kappa shape index (κ3) is 2.93. The van der Waals surface area contributed by atoms with Gasteiger partial charge >= 0.3 is 0 Å². The van der Waals surface area contributed by atoms with Crippen LogP contribution < -0.4 is 11.1 Å². The van der Waals surface area contributed by atoms with Crippen LogP contribution in [0.2, 0.25) is 0 Å². The number of hydrogen-bond donors (Lipinski definition) is 2. The van der Waals surface area contributed by atoms with Crippen molar-refractivity contribution < 1.29 is 4.79 Å². The van der Waals surface area contributed by atoms with Crippen molar-refractivity contribution in [2.24, 2.45) is 11.7 Å². The van der Waals surface area contributed by atoms with E-state index in [-0.39, 0.29) is 23.4 Å². The second kappa shape index (κ2) is 5.57. The van der Waals surface area contributed by atoms with Crippen molar-refractivity contribution in [1.82, 2.24) is 9.88 Å². The van der Waals surface area contributed by atoms with Crippen molar-refractivity contribution in [3.05, 3.63) is 24.0 Å². The van der Waals surface area contributed by atoms with Crippen molar-refractivity contribution in [1.29, 1.82) is 0 Å². The summed E-state index contributed by atoms with van der Waals surface area (Å²) in [5.74, 6) is 0.226. The minimum absolute atomic E-state index is 0.0599. The first kappa shape index (κ1) is 14.8. The van der Waals surface area contributed by atoms with Gasteiger partial charge < -0.3 is 15.6 Å². The van der Waals surface area contributed by atoms with E-state index in [4.69, 9.17) is 5.73 Å². The van der Waals surface area contributed by atoms with Crippen molar-refractivity contribution in [2.75, 3.05) is 6.54 Å². The minimum atomic E-state index is -0.372. The standard InChI is InChI=1S/C14H25N3O/c1-10(2)14(5,9-15)16-13(18)12-7-6-8-17(12)11(3)4/h6-8,10-11H,9,15H2,1-5H3,(H,16,18). The molecule has 0 radical (unpaired) electrons. The molecule has 4 heteroatoms. The highest BCUT2D eigenvalue weighted by atomic mass is 16.2. The SMILES string of the molecule is CC(C)n1cccc1C(=O)NC(C)(CN)C(C)C. The number of carbonyl (C=O) groups is 1. The summed E-state index contributed by atoms with van der Waals surface area (Å²) in [4.78, 5) is 12.3. The Labute approximate surface area is 110 Å². The van der Waals surface area contributed by atoms with Crippen molar-refractivity contribution in [2.45, 2.75) is 46.2 Å². The Morgan fingerprint density at radius 2 is 2.06 bits per heavy atom. The van der Waals surface area contributed by atoms with E-state index in [1.54, 1.807) is 0 Å². The van der Waals surface area contributed by atoms with Crippen LogP contribution >= 0.6 is 0 Å². The summed E-state index contributed by atoms with van der Waals surface area (Å²) in [6, 6.07) is 4.00. The molecule has 4 nitrogen and oxygen atoms in total. The van der Waals surface area contributed by atoms with E-state index in [2.05, 4.69) is 33.0 Å². The fourth-order valence-electron chi connectivity index (χ4n) is 1.79. The zero-order chi connectivity index (χ0) is 13.9. The van der Waals surface area contributed by atoms with Gasteiger partial charge in [-0.3, -0.25) is 4.79 Å². The highest BCUT2D eigenvalue weighted by Gasteiger charge is 2.29. The van der Waals surface area contributed by atoms with Gasteiger partial charge in [0.05, 0.1) is 5.54 Å². The average Bonchev–Trinajstić information content (AvgIpc) is 2.77. The Morgan fingerprint density at radius 1 is 1.44 bits per heavy atom. The van der Waals surface area contributed by atoms with Gasteiger partial charge in [0.15, 0.2) is 0 Å². The first-order chi connectivity index (χ1) is 8.31. The van der Waals surface area contributed by atoms with Gasteiger partial charge in [0.25, 0.3) is 5.91 Å². The van der Waals surface area contributed by atoms with E-state index in [9.17, 15) is 4.79 Å². The number of amides is 1. The first-order valence-electron chi connectivity index (χ1n) is 6.51. The predicted octanol–water partition coefficient (Wildman–Crippen LogP) is 2.17. The lowest BCUT2D eigenvalue weighted by Gasteiger charge is -2.33. The van der Waals surface area contributed by atoms with E-state index < -0.39 is 0 Å². The molecule has 18 heavy (non-hydrogen) atoms. The van der Waals surface area contributed by atoms with Crippen molar-refractivity contribution in [3.63, 3.8) is 0 Å². The number of rotatable bonds is 5. The van der Waals surface area contributed by atoms with E-state index in [0.717, 1.165) is 0 Å². The maximum absolute atomic E-state index is 12.3. The van der Waals surface area contributed by atoms with Crippen molar-refractivity contribution >= 4 is 5.91 Å². The molecule has 0 aliphatic carbocycles. The zero-order valence-electron chi connectivity index (χ0n) is 12.0. The molecule has 1 amide bonds. The Kier molecular flexibility index (Phi) is 4.57. The third-order valence-electron chi connectivity index (χ3n) is 3.67. The summed E-state index contributed by atoms with van der Waals surface area (Å²) in [7, 11) is 0. The van der Waals surface area contributed by atoms with Gasteiger partial charge in [-0.15, -0.1) is 0 Å². The van der Waals surface area contributed by atoms with Gasteiger partial charge in [0.1, 0.15) is 5.69 Å². The summed E-state index contributed by atoms with van der Waals surface area (Å²) in [6.45, 7) is 10.7. The van der Waals surface area contributed by atoms with Crippen LogP contribution in [-0.4, -0.2) is 22.6 Å². The normalized spacial score (nSPS) is 14.9. The van der Waals surface area contributed by atoms with Crippen LogP contribution in [0.1, 0.15) is 51.1 Å². The quantitative estimate of drug-likeness (QED) is 0.842. The lowest BCUT2D eigenvalue weighted by Crippen LogP contribution is -2.55. The fraction of sp³-hybridized carbons (Fsp3) is 0.643. The van der Waals surface area contributed by atoms with Crippen LogP contribution in [0.5, 0.6) is 0 Å². The summed E-state index contributed by atoms with van der Waals surface area (Å²) in [5, 5.41) is 3.06. The van der Waals surface area contributed by atoms with Crippen LogP contribution in [-0.2, 0) is 0 Å². The molecule has 3 N–H and O–H groups in total. The number of aromatic nitrogens is 1.